The maximum Gasteiger partial charge on any atom is 0.258 e. The van der Waals surface area contributed by atoms with Crippen LogP contribution in [-0.4, -0.2) is 17.9 Å². The number of benzene rings is 2. The molecule has 0 saturated carbocycles. The molecule has 0 spiro atoms. The molecule has 1 aliphatic heterocycles. The molecule has 0 aliphatic carbocycles. The molecule has 1 heterocycles. The topological polar surface area (TPSA) is 49.4 Å². The Bertz CT molecular complexity index is 803. The van der Waals surface area contributed by atoms with Gasteiger partial charge in [-0.3, -0.25) is 9.59 Å². The van der Waals surface area contributed by atoms with Gasteiger partial charge in [0, 0.05) is 18.0 Å². The van der Waals surface area contributed by atoms with Crippen LogP contribution in [0, 0.1) is 0 Å². The van der Waals surface area contributed by atoms with Gasteiger partial charge in [-0.15, -0.1) is 0 Å². The lowest BCUT2D eigenvalue weighted by atomic mass is 9.86. The van der Waals surface area contributed by atoms with Crippen molar-refractivity contribution in [3.63, 3.8) is 0 Å². The van der Waals surface area contributed by atoms with Crippen LogP contribution >= 0.6 is 0 Å². The molecule has 1 atom stereocenters. The average Bonchev–Trinajstić information content (AvgIpc) is 2.68. The van der Waals surface area contributed by atoms with Gasteiger partial charge in [-0.05, 0) is 42.2 Å². The molecule has 0 fully saturated rings. The van der Waals surface area contributed by atoms with Crippen LogP contribution in [0.5, 0.6) is 0 Å². The predicted octanol–water partition coefficient (Wildman–Crippen LogP) is 4.36. The standard InChI is InChI=1S/C21H24N2O2/c1-14-13-19(24)22-17-7-5-6-8-18(17)23(14)20(25)15-9-11-16(12-10-15)21(2,3)4/h5-12,14H,13H2,1-4H3,(H,22,24). The normalized spacial score (nSPS) is 17.5. The summed E-state index contributed by atoms with van der Waals surface area (Å²) in [6.45, 7) is 8.35. The molecule has 1 N–H and O–H groups in total. The van der Waals surface area contributed by atoms with Gasteiger partial charge < -0.3 is 10.2 Å². The van der Waals surface area contributed by atoms with Gasteiger partial charge in [0.2, 0.25) is 5.91 Å². The Kier molecular flexibility index (Phi) is 4.38. The molecule has 1 unspecified atom stereocenters. The number of hydrogen-bond acceptors (Lipinski definition) is 2. The maximum absolute atomic E-state index is 13.2. The van der Waals surface area contributed by atoms with Crippen molar-refractivity contribution in [1.29, 1.82) is 0 Å². The molecule has 4 nitrogen and oxygen atoms in total. The molecule has 2 aromatic rings. The maximum atomic E-state index is 13.2. The number of para-hydroxylation sites is 2. The van der Waals surface area contributed by atoms with Gasteiger partial charge in [0.15, 0.2) is 0 Å². The minimum atomic E-state index is -0.210. The van der Waals surface area contributed by atoms with E-state index in [0.717, 1.165) is 5.69 Å². The zero-order valence-corrected chi connectivity index (χ0v) is 15.2. The molecule has 1 aliphatic rings. The van der Waals surface area contributed by atoms with Crippen LogP contribution in [0.15, 0.2) is 48.5 Å². The first-order chi connectivity index (χ1) is 11.8. The monoisotopic (exact) mass is 336 g/mol. The van der Waals surface area contributed by atoms with Crippen molar-refractivity contribution in [2.24, 2.45) is 0 Å². The Morgan fingerprint density at radius 3 is 2.36 bits per heavy atom. The Morgan fingerprint density at radius 2 is 1.72 bits per heavy atom. The van der Waals surface area contributed by atoms with Crippen molar-refractivity contribution >= 4 is 23.2 Å². The fourth-order valence-electron chi connectivity index (χ4n) is 3.15. The lowest BCUT2D eigenvalue weighted by Gasteiger charge is -2.28. The summed E-state index contributed by atoms with van der Waals surface area (Å²) in [5.41, 5.74) is 3.27. The molecule has 4 heteroatoms. The fourth-order valence-corrected chi connectivity index (χ4v) is 3.15. The quantitative estimate of drug-likeness (QED) is 0.841. The van der Waals surface area contributed by atoms with Gasteiger partial charge in [-0.2, -0.15) is 0 Å². The van der Waals surface area contributed by atoms with Gasteiger partial charge in [0.05, 0.1) is 11.4 Å². The first-order valence-electron chi connectivity index (χ1n) is 8.60. The third-order valence-corrected chi connectivity index (χ3v) is 4.58. The molecular weight excluding hydrogens is 312 g/mol. The molecule has 0 bridgehead atoms. The Morgan fingerprint density at radius 1 is 1.08 bits per heavy atom. The number of nitrogens with one attached hydrogen (secondary N) is 1. The van der Waals surface area contributed by atoms with Crippen molar-refractivity contribution in [1.82, 2.24) is 0 Å². The largest absolute Gasteiger partial charge is 0.324 e. The highest BCUT2D eigenvalue weighted by Crippen LogP contribution is 2.32. The number of fused-ring (bicyclic) bond motifs is 1. The smallest absolute Gasteiger partial charge is 0.258 e. The highest BCUT2D eigenvalue weighted by atomic mass is 16.2. The number of carbonyl (C=O) groups is 2. The van der Waals surface area contributed by atoms with Crippen molar-refractivity contribution < 1.29 is 9.59 Å². The van der Waals surface area contributed by atoms with E-state index in [9.17, 15) is 9.59 Å². The SMILES string of the molecule is CC1CC(=O)Nc2ccccc2N1C(=O)c1ccc(C(C)(C)C)cc1. The molecule has 2 aromatic carbocycles. The van der Waals surface area contributed by atoms with Gasteiger partial charge >= 0.3 is 0 Å². The van der Waals surface area contributed by atoms with Crippen LogP contribution in [0.1, 0.15) is 50.0 Å². The van der Waals surface area contributed by atoms with Crippen molar-refractivity contribution in [3.05, 3.63) is 59.7 Å². The van der Waals surface area contributed by atoms with Crippen LogP contribution in [0.2, 0.25) is 0 Å². The van der Waals surface area contributed by atoms with Gasteiger partial charge in [0.1, 0.15) is 0 Å². The summed E-state index contributed by atoms with van der Waals surface area (Å²) in [7, 11) is 0. The average molecular weight is 336 g/mol. The first kappa shape index (κ1) is 17.2. The van der Waals surface area contributed by atoms with E-state index < -0.39 is 0 Å². The molecule has 0 radical (unpaired) electrons. The highest BCUT2D eigenvalue weighted by Gasteiger charge is 2.30. The van der Waals surface area contributed by atoms with Gasteiger partial charge in [-0.1, -0.05) is 45.0 Å². The molecule has 0 saturated heterocycles. The van der Waals surface area contributed by atoms with Crippen LogP contribution in [0.3, 0.4) is 0 Å². The molecule has 0 aromatic heterocycles. The zero-order chi connectivity index (χ0) is 18.2. The minimum absolute atomic E-state index is 0.0421. The summed E-state index contributed by atoms with van der Waals surface area (Å²) in [5.74, 6) is -0.157. The van der Waals surface area contributed by atoms with Crippen LogP contribution in [0.4, 0.5) is 11.4 Å². The lowest BCUT2D eigenvalue weighted by molar-refractivity contribution is -0.116. The zero-order valence-electron chi connectivity index (χ0n) is 15.2. The predicted molar refractivity (Wildman–Crippen MR) is 101 cm³/mol. The van der Waals surface area contributed by atoms with E-state index in [1.807, 2.05) is 55.5 Å². The van der Waals surface area contributed by atoms with E-state index in [1.165, 1.54) is 5.56 Å². The molecular formula is C21H24N2O2. The van der Waals surface area contributed by atoms with Crippen LogP contribution in [-0.2, 0) is 10.2 Å². The summed E-state index contributed by atoms with van der Waals surface area (Å²) in [6.07, 6.45) is 0.278. The van der Waals surface area contributed by atoms with Gasteiger partial charge in [0.25, 0.3) is 5.91 Å². The summed E-state index contributed by atoms with van der Waals surface area (Å²) >= 11 is 0. The Labute approximate surface area is 148 Å². The van der Waals surface area contributed by atoms with Crippen LogP contribution < -0.4 is 10.2 Å². The minimum Gasteiger partial charge on any atom is -0.324 e. The second kappa shape index (κ2) is 6.36. The summed E-state index contributed by atoms with van der Waals surface area (Å²) in [6, 6.07) is 15.0. The number of nitrogens with zero attached hydrogens (tertiary/aromatic N) is 1. The van der Waals surface area contributed by atoms with E-state index in [4.69, 9.17) is 0 Å². The number of carbonyl (C=O) groups excluding carboxylic acids is 2. The number of hydrogen-bond donors (Lipinski definition) is 1. The van der Waals surface area contributed by atoms with Crippen molar-refractivity contribution in [3.8, 4) is 0 Å². The van der Waals surface area contributed by atoms with E-state index >= 15 is 0 Å². The van der Waals surface area contributed by atoms with E-state index in [0.29, 0.717) is 11.3 Å². The third-order valence-electron chi connectivity index (χ3n) is 4.58. The molecule has 2 amide bonds. The summed E-state index contributed by atoms with van der Waals surface area (Å²) in [5, 5.41) is 2.89. The second-order valence-corrected chi connectivity index (χ2v) is 7.62. The molecule has 130 valence electrons. The van der Waals surface area contributed by atoms with Crippen molar-refractivity contribution in [2.45, 2.75) is 45.6 Å². The molecule has 25 heavy (non-hydrogen) atoms. The van der Waals surface area contributed by atoms with E-state index in [1.54, 1.807) is 4.90 Å². The van der Waals surface area contributed by atoms with Crippen LogP contribution in [0.25, 0.3) is 0 Å². The highest BCUT2D eigenvalue weighted by molar-refractivity contribution is 6.11. The molecule has 3 rings (SSSR count). The fraction of sp³-hybridized carbons (Fsp3) is 0.333. The summed E-state index contributed by atoms with van der Waals surface area (Å²) in [4.78, 5) is 27.0. The third kappa shape index (κ3) is 3.43. The van der Waals surface area contributed by atoms with E-state index in [2.05, 4.69) is 26.1 Å². The Balaban J connectivity index is 1.99. The number of rotatable bonds is 1. The van der Waals surface area contributed by atoms with Crippen molar-refractivity contribution in [2.75, 3.05) is 10.2 Å². The Hall–Kier alpha value is -2.62. The van der Waals surface area contributed by atoms with Gasteiger partial charge in [-0.25, -0.2) is 0 Å². The lowest BCUT2D eigenvalue weighted by Crippen LogP contribution is -2.39. The first-order valence-corrected chi connectivity index (χ1v) is 8.60. The number of amides is 2. The summed E-state index contributed by atoms with van der Waals surface area (Å²) < 4.78 is 0. The second-order valence-electron chi connectivity index (χ2n) is 7.62. The van der Waals surface area contributed by atoms with E-state index in [-0.39, 0.29) is 29.7 Å². The number of anilines is 2.